The summed E-state index contributed by atoms with van der Waals surface area (Å²) < 4.78 is 7.79. The highest BCUT2D eigenvalue weighted by atomic mass is 35.5. The van der Waals surface area contributed by atoms with Crippen LogP contribution < -0.4 is 5.56 Å². The number of hydrogen-bond donors (Lipinski definition) is 0. The Morgan fingerprint density at radius 1 is 1.12 bits per heavy atom. The summed E-state index contributed by atoms with van der Waals surface area (Å²) in [7, 11) is 0. The van der Waals surface area contributed by atoms with Crippen LogP contribution in [0.1, 0.15) is 10.4 Å². The summed E-state index contributed by atoms with van der Waals surface area (Å²) in [5.74, 6) is -0.135. The van der Waals surface area contributed by atoms with E-state index in [0.29, 0.717) is 48.0 Å². The molecule has 2 heterocycles. The number of aromatic nitrogens is 1. The minimum Gasteiger partial charge on any atom is -0.378 e. The van der Waals surface area contributed by atoms with Crippen LogP contribution in [0.25, 0.3) is 15.8 Å². The van der Waals surface area contributed by atoms with Gasteiger partial charge in [-0.1, -0.05) is 35.3 Å². The second-order valence-electron chi connectivity index (χ2n) is 5.76. The molecule has 1 amide bonds. The molecule has 0 unspecified atom stereocenters. The molecule has 7 heteroatoms. The van der Waals surface area contributed by atoms with E-state index in [1.165, 1.54) is 11.5 Å². The van der Waals surface area contributed by atoms with E-state index in [2.05, 4.69) is 0 Å². The van der Waals surface area contributed by atoms with Crippen molar-refractivity contribution < 1.29 is 9.53 Å². The summed E-state index contributed by atoms with van der Waals surface area (Å²) in [6, 6.07) is 12.6. The third-order valence-electron chi connectivity index (χ3n) is 4.20. The van der Waals surface area contributed by atoms with E-state index in [-0.39, 0.29) is 11.5 Å². The maximum absolute atomic E-state index is 12.8. The minimum atomic E-state index is -0.135. The van der Waals surface area contributed by atoms with Gasteiger partial charge in [-0.3, -0.25) is 9.59 Å². The summed E-state index contributed by atoms with van der Waals surface area (Å²) in [5.41, 5.74) is 0.963. The molecule has 2 aromatic carbocycles. The maximum atomic E-state index is 12.8. The second kappa shape index (κ2) is 6.63. The molecule has 0 aliphatic carbocycles. The van der Waals surface area contributed by atoms with Crippen LogP contribution in [-0.4, -0.2) is 41.1 Å². The van der Waals surface area contributed by atoms with Crippen molar-refractivity contribution in [1.82, 2.24) is 8.86 Å². The molecule has 1 fully saturated rings. The lowest BCUT2D eigenvalue weighted by atomic mass is 10.1. The Kier molecular flexibility index (Phi) is 4.33. The lowest BCUT2D eigenvalue weighted by Gasteiger charge is -2.27. The number of amides is 1. The quantitative estimate of drug-likeness (QED) is 0.692. The molecule has 4 rings (SSSR count). The lowest BCUT2D eigenvalue weighted by Crippen LogP contribution is -2.40. The van der Waals surface area contributed by atoms with Crippen molar-refractivity contribution in [3.63, 3.8) is 0 Å². The van der Waals surface area contributed by atoms with Crippen molar-refractivity contribution in [2.24, 2.45) is 0 Å². The normalized spacial score (nSPS) is 14.8. The van der Waals surface area contributed by atoms with E-state index in [9.17, 15) is 9.59 Å². The van der Waals surface area contributed by atoms with Crippen molar-refractivity contribution in [2.75, 3.05) is 26.3 Å². The van der Waals surface area contributed by atoms with Gasteiger partial charge in [0.05, 0.1) is 39.6 Å². The van der Waals surface area contributed by atoms with Crippen LogP contribution in [0.2, 0.25) is 5.02 Å². The SMILES string of the molecule is O=C(c1cc(-n2sc3ccccc3c2=O)ccc1Cl)N1CCOCC1. The summed E-state index contributed by atoms with van der Waals surface area (Å²) in [4.78, 5) is 27.1. The third kappa shape index (κ3) is 2.97. The van der Waals surface area contributed by atoms with Crippen LogP contribution in [0.3, 0.4) is 0 Å². The number of hydrogen-bond acceptors (Lipinski definition) is 4. The molecule has 0 spiro atoms. The van der Waals surface area contributed by atoms with Crippen LogP contribution in [0.5, 0.6) is 0 Å². The third-order valence-corrected chi connectivity index (χ3v) is 5.65. The first kappa shape index (κ1) is 16.3. The molecule has 0 N–H and O–H groups in total. The van der Waals surface area contributed by atoms with E-state index in [1.807, 2.05) is 18.2 Å². The zero-order valence-electron chi connectivity index (χ0n) is 13.3. The molecule has 0 saturated carbocycles. The van der Waals surface area contributed by atoms with Crippen LogP contribution in [-0.2, 0) is 4.74 Å². The summed E-state index contributed by atoms with van der Waals surface area (Å²) >= 11 is 7.61. The number of carbonyl (C=O) groups excluding carboxylic acids is 1. The number of morpholine rings is 1. The lowest BCUT2D eigenvalue weighted by molar-refractivity contribution is 0.0303. The Morgan fingerprint density at radius 3 is 2.64 bits per heavy atom. The van der Waals surface area contributed by atoms with Gasteiger partial charge >= 0.3 is 0 Å². The Bertz CT molecular complexity index is 1000. The maximum Gasteiger partial charge on any atom is 0.273 e. The van der Waals surface area contributed by atoms with Gasteiger partial charge in [-0.15, -0.1) is 0 Å². The highest BCUT2D eigenvalue weighted by Crippen LogP contribution is 2.25. The average Bonchev–Trinajstić information content (AvgIpc) is 2.99. The number of ether oxygens (including phenoxy) is 1. The first-order chi connectivity index (χ1) is 12.1. The van der Waals surface area contributed by atoms with Crippen molar-refractivity contribution in [3.8, 4) is 5.69 Å². The fourth-order valence-electron chi connectivity index (χ4n) is 2.88. The van der Waals surface area contributed by atoms with Gasteiger partial charge in [0.2, 0.25) is 0 Å². The summed E-state index contributed by atoms with van der Waals surface area (Å²) in [5, 5.41) is 1.05. The number of fused-ring (bicyclic) bond motifs is 1. The zero-order valence-corrected chi connectivity index (χ0v) is 14.8. The second-order valence-corrected chi connectivity index (χ2v) is 7.15. The standard InChI is InChI=1S/C18H15ClN2O3S/c19-15-6-5-12(11-14(15)17(22)20-7-9-24-10-8-20)21-18(23)13-3-1-2-4-16(13)25-21/h1-6,11H,7-10H2. The van der Waals surface area contributed by atoms with E-state index >= 15 is 0 Å². The molecule has 25 heavy (non-hydrogen) atoms. The molecule has 1 aliphatic heterocycles. The van der Waals surface area contributed by atoms with Crippen LogP contribution in [0.15, 0.2) is 47.3 Å². The van der Waals surface area contributed by atoms with Gasteiger partial charge < -0.3 is 9.64 Å². The van der Waals surface area contributed by atoms with Gasteiger partial charge in [-0.25, -0.2) is 3.96 Å². The van der Waals surface area contributed by atoms with Crippen molar-refractivity contribution in [1.29, 1.82) is 0 Å². The largest absolute Gasteiger partial charge is 0.378 e. The monoisotopic (exact) mass is 374 g/mol. The molecule has 5 nitrogen and oxygen atoms in total. The smallest absolute Gasteiger partial charge is 0.273 e. The van der Waals surface area contributed by atoms with Gasteiger partial charge in [-0.05, 0) is 30.3 Å². The topological polar surface area (TPSA) is 51.5 Å². The molecular weight excluding hydrogens is 360 g/mol. The van der Waals surface area contributed by atoms with Crippen LogP contribution in [0.4, 0.5) is 0 Å². The number of halogens is 1. The molecule has 0 radical (unpaired) electrons. The van der Waals surface area contributed by atoms with Gasteiger partial charge in [0.25, 0.3) is 11.5 Å². The Balaban J connectivity index is 1.77. The van der Waals surface area contributed by atoms with Crippen molar-refractivity contribution in [2.45, 2.75) is 0 Å². The number of nitrogens with zero attached hydrogens (tertiary/aromatic N) is 2. The fraction of sp³-hybridized carbons (Fsp3) is 0.222. The summed E-state index contributed by atoms with van der Waals surface area (Å²) in [6.07, 6.45) is 0. The first-order valence-corrected chi connectivity index (χ1v) is 9.08. The van der Waals surface area contributed by atoms with E-state index in [0.717, 1.165) is 4.70 Å². The van der Waals surface area contributed by atoms with Gasteiger partial charge in [-0.2, -0.15) is 0 Å². The Hall–Kier alpha value is -2.15. The van der Waals surface area contributed by atoms with E-state index < -0.39 is 0 Å². The highest BCUT2D eigenvalue weighted by Gasteiger charge is 2.21. The molecule has 1 aromatic heterocycles. The molecular formula is C18H15ClN2O3S. The number of carbonyl (C=O) groups is 1. The van der Waals surface area contributed by atoms with E-state index in [1.54, 1.807) is 33.1 Å². The molecule has 1 saturated heterocycles. The Labute approximate surface area is 153 Å². The van der Waals surface area contributed by atoms with Crippen LogP contribution >= 0.6 is 23.1 Å². The zero-order chi connectivity index (χ0) is 17.4. The molecule has 0 bridgehead atoms. The van der Waals surface area contributed by atoms with Crippen molar-refractivity contribution >= 4 is 39.1 Å². The van der Waals surface area contributed by atoms with Gasteiger partial charge in [0, 0.05) is 13.1 Å². The molecule has 3 aromatic rings. The van der Waals surface area contributed by atoms with Gasteiger partial charge in [0.15, 0.2) is 0 Å². The fourth-order valence-corrected chi connectivity index (χ4v) is 4.07. The minimum absolute atomic E-state index is 0.0901. The van der Waals surface area contributed by atoms with E-state index in [4.69, 9.17) is 16.3 Å². The van der Waals surface area contributed by atoms with Crippen molar-refractivity contribution in [3.05, 3.63) is 63.4 Å². The highest BCUT2D eigenvalue weighted by molar-refractivity contribution is 7.14. The number of benzene rings is 2. The predicted octanol–water partition coefficient (Wildman–Crippen LogP) is 3.18. The summed E-state index contributed by atoms with van der Waals surface area (Å²) in [6.45, 7) is 2.14. The number of rotatable bonds is 2. The average molecular weight is 375 g/mol. The predicted molar refractivity (Wildman–Crippen MR) is 99.2 cm³/mol. The Morgan fingerprint density at radius 2 is 1.88 bits per heavy atom. The molecule has 0 atom stereocenters. The first-order valence-electron chi connectivity index (χ1n) is 7.93. The molecule has 128 valence electrons. The molecule has 1 aliphatic rings. The van der Waals surface area contributed by atoms with Crippen LogP contribution in [0, 0.1) is 0 Å². The van der Waals surface area contributed by atoms with Gasteiger partial charge in [0.1, 0.15) is 0 Å².